The zero-order chi connectivity index (χ0) is 19.8. The Morgan fingerprint density at radius 3 is 1.69 bits per heavy atom. The van der Waals surface area contributed by atoms with Crippen molar-refractivity contribution >= 4 is 5.78 Å². The molecular formula is C25H20N4. The van der Waals surface area contributed by atoms with Crippen LogP contribution in [-0.2, 0) is 0 Å². The van der Waals surface area contributed by atoms with Gasteiger partial charge in [-0.25, -0.2) is 14.5 Å². The van der Waals surface area contributed by atoms with E-state index in [1.54, 1.807) is 0 Å². The van der Waals surface area contributed by atoms with E-state index in [1.807, 2.05) is 47.8 Å². The minimum absolute atomic E-state index is 0.608. The van der Waals surface area contributed by atoms with Gasteiger partial charge in [0.05, 0.1) is 11.4 Å². The van der Waals surface area contributed by atoms with E-state index < -0.39 is 0 Å². The summed E-state index contributed by atoms with van der Waals surface area (Å²) in [5.41, 5.74) is 7.93. The third-order valence-electron chi connectivity index (χ3n) is 5.12. The molecule has 0 spiro atoms. The first-order valence-corrected chi connectivity index (χ1v) is 9.66. The van der Waals surface area contributed by atoms with Gasteiger partial charge in [0.2, 0.25) is 0 Å². The molecule has 0 fully saturated rings. The summed E-state index contributed by atoms with van der Waals surface area (Å²) in [6.07, 6.45) is 0. The number of hydrogen-bond acceptors (Lipinski definition) is 3. The normalized spacial score (nSPS) is 11.1. The van der Waals surface area contributed by atoms with Crippen molar-refractivity contribution in [3.63, 3.8) is 0 Å². The second kappa shape index (κ2) is 6.99. The smallest absolute Gasteiger partial charge is 0.209 e. The van der Waals surface area contributed by atoms with E-state index in [2.05, 4.69) is 55.5 Å². The molecule has 0 aliphatic rings. The summed E-state index contributed by atoms with van der Waals surface area (Å²) in [5.74, 6) is 0.608. The lowest BCUT2D eigenvalue weighted by molar-refractivity contribution is 0.881. The molecule has 0 saturated heterocycles. The number of aromatic nitrogens is 4. The van der Waals surface area contributed by atoms with E-state index in [4.69, 9.17) is 15.1 Å². The van der Waals surface area contributed by atoms with Gasteiger partial charge in [0.15, 0.2) is 0 Å². The van der Waals surface area contributed by atoms with Crippen LogP contribution in [0.15, 0.2) is 84.9 Å². The maximum atomic E-state index is 4.98. The molecule has 0 unspecified atom stereocenters. The molecule has 2 heterocycles. The number of rotatable bonds is 3. The molecule has 4 heteroatoms. The molecule has 0 aliphatic carbocycles. The predicted octanol–water partition coefficient (Wildman–Crippen LogP) is 5.74. The van der Waals surface area contributed by atoms with E-state index in [0.29, 0.717) is 5.78 Å². The largest absolute Gasteiger partial charge is 0.252 e. The zero-order valence-electron chi connectivity index (χ0n) is 16.4. The second-order valence-corrected chi connectivity index (χ2v) is 7.16. The summed E-state index contributed by atoms with van der Waals surface area (Å²) in [5, 5.41) is 4.98. The van der Waals surface area contributed by atoms with Gasteiger partial charge in [-0.05, 0) is 13.8 Å². The van der Waals surface area contributed by atoms with Gasteiger partial charge >= 0.3 is 0 Å². The third-order valence-corrected chi connectivity index (χ3v) is 5.12. The van der Waals surface area contributed by atoms with Crippen molar-refractivity contribution < 1.29 is 0 Å². The molecule has 4 nitrogen and oxygen atoms in total. The standard InChI is InChI=1S/C25H20N4/c1-17-13-15-21(16-14-17)22-18(2)29-25(26-22)27-23(19-9-5-3-6-10-19)24(28-29)20-11-7-4-8-12-20/h3-16H,1-2H3. The lowest BCUT2D eigenvalue weighted by Crippen LogP contribution is -2.02. The van der Waals surface area contributed by atoms with Gasteiger partial charge in [0.25, 0.3) is 5.78 Å². The van der Waals surface area contributed by atoms with Gasteiger partial charge in [0, 0.05) is 16.7 Å². The van der Waals surface area contributed by atoms with E-state index in [0.717, 1.165) is 39.5 Å². The summed E-state index contributed by atoms with van der Waals surface area (Å²) in [4.78, 5) is 9.76. The lowest BCUT2D eigenvalue weighted by Gasteiger charge is -2.09. The van der Waals surface area contributed by atoms with E-state index in [-0.39, 0.29) is 0 Å². The van der Waals surface area contributed by atoms with Crippen molar-refractivity contribution in [2.45, 2.75) is 13.8 Å². The van der Waals surface area contributed by atoms with Crippen LogP contribution >= 0.6 is 0 Å². The van der Waals surface area contributed by atoms with Gasteiger partial charge in [-0.2, -0.15) is 5.10 Å². The Morgan fingerprint density at radius 1 is 0.552 bits per heavy atom. The van der Waals surface area contributed by atoms with E-state index in [1.165, 1.54) is 5.56 Å². The highest BCUT2D eigenvalue weighted by Crippen LogP contribution is 2.31. The van der Waals surface area contributed by atoms with Crippen molar-refractivity contribution in [2.75, 3.05) is 0 Å². The molecule has 0 N–H and O–H groups in total. The van der Waals surface area contributed by atoms with Crippen LogP contribution < -0.4 is 0 Å². The number of fused-ring (bicyclic) bond motifs is 1. The topological polar surface area (TPSA) is 43.1 Å². The highest BCUT2D eigenvalue weighted by atomic mass is 15.3. The van der Waals surface area contributed by atoms with Crippen molar-refractivity contribution in [3.05, 3.63) is 96.2 Å². The van der Waals surface area contributed by atoms with Crippen molar-refractivity contribution in [2.24, 2.45) is 0 Å². The SMILES string of the molecule is Cc1ccc(-c2nc3nc(-c4ccccc4)c(-c4ccccc4)nn3c2C)cc1. The fourth-order valence-electron chi connectivity index (χ4n) is 3.54. The van der Waals surface area contributed by atoms with Crippen molar-refractivity contribution in [1.82, 2.24) is 19.6 Å². The minimum atomic E-state index is 0.608. The highest BCUT2D eigenvalue weighted by molar-refractivity contribution is 5.79. The van der Waals surface area contributed by atoms with Crippen molar-refractivity contribution in [3.8, 4) is 33.8 Å². The molecule has 0 saturated carbocycles. The molecular weight excluding hydrogens is 356 g/mol. The Labute approximate surface area is 169 Å². The molecule has 5 aromatic rings. The maximum Gasteiger partial charge on any atom is 0.252 e. The summed E-state index contributed by atoms with van der Waals surface area (Å²) in [6, 6.07) is 28.7. The fraction of sp³-hybridized carbons (Fsp3) is 0.0800. The molecule has 0 bridgehead atoms. The van der Waals surface area contributed by atoms with Gasteiger partial charge in [0.1, 0.15) is 11.4 Å². The van der Waals surface area contributed by atoms with Crippen LogP contribution in [0.5, 0.6) is 0 Å². The average Bonchev–Trinajstić information content (AvgIpc) is 3.10. The van der Waals surface area contributed by atoms with Gasteiger partial charge in [-0.1, -0.05) is 90.5 Å². The highest BCUT2D eigenvalue weighted by Gasteiger charge is 2.18. The first-order valence-electron chi connectivity index (χ1n) is 9.66. The van der Waals surface area contributed by atoms with Gasteiger partial charge in [-0.15, -0.1) is 0 Å². The monoisotopic (exact) mass is 376 g/mol. The minimum Gasteiger partial charge on any atom is -0.209 e. The third kappa shape index (κ3) is 3.09. The van der Waals surface area contributed by atoms with Crippen LogP contribution in [-0.4, -0.2) is 19.6 Å². The number of benzene rings is 3. The van der Waals surface area contributed by atoms with Crippen LogP contribution in [0.3, 0.4) is 0 Å². The molecule has 0 amide bonds. The van der Waals surface area contributed by atoms with Gasteiger partial charge < -0.3 is 0 Å². The number of hydrogen-bond donors (Lipinski definition) is 0. The summed E-state index contributed by atoms with van der Waals surface area (Å²) in [6.45, 7) is 4.13. The molecule has 0 aliphatic heterocycles. The maximum absolute atomic E-state index is 4.98. The van der Waals surface area contributed by atoms with Crippen LogP contribution in [0.1, 0.15) is 11.3 Å². The molecule has 0 atom stereocenters. The molecule has 2 aromatic heterocycles. The number of nitrogens with zero attached hydrogens (tertiary/aromatic N) is 4. The molecule has 140 valence electrons. The number of imidazole rings is 1. The number of aryl methyl sites for hydroxylation is 2. The second-order valence-electron chi connectivity index (χ2n) is 7.16. The molecule has 0 radical (unpaired) electrons. The Morgan fingerprint density at radius 2 is 1.07 bits per heavy atom. The van der Waals surface area contributed by atoms with Crippen LogP contribution in [0.2, 0.25) is 0 Å². The Kier molecular flexibility index (Phi) is 4.17. The molecule has 5 rings (SSSR count). The van der Waals surface area contributed by atoms with E-state index >= 15 is 0 Å². The van der Waals surface area contributed by atoms with Crippen molar-refractivity contribution in [1.29, 1.82) is 0 Å². The molecule has 3 aromatic carbocycles. The average molecular weight is 376 g/mol. The van der Waals surface area contributed by atoms with Gasteiger partial charge in [-0.3, -0.25) is 0 Å². The Hall–Kier alpha value is -3.79. The lowest BCUT2D eigenvalue weighted by atomic mass is 10.0. The predicted molar refractivity (Wildman–Crippen MR) is 117 cm³/mol. The zero-order valence-corrected chi connectivity index (χ0v) is 16.4. The van der Waals surface area contributed by atoms with Crippen LogP contribution in [0, 0.1) is 13.8 Å². The van der Waals surface area contributed by atoms with E-state index in [9.17, 15) is 0 Å². The fourth-order valence-corrected chi connectivity index (χ4v) is 3.54. The summed E-state index contributed by atoms with van der Waals surface area (Å²) in [7, 11) is 0. The summed E-state index contributed by atoms with van der Waals surface area (Å²) >= 11 is 0. The quantitative estimate of drug-likeness (QED) is 0.403. The molecule has 29 heavy (non-hydrogen) atoms. The Balaban J connectivity index is 1.78. The Bertz CT molecular complexity index is 1290. The first kappa shape index (κ1) is 17.3. The van der Waals surface area contributed by atoms with Crippen LogP contribution in [0.25, 0.3) is 39.5 Å². The summed E-state index contributed by atoms with van der Waals surface area (Å²) < 4.78 is 1.85. The van der Waals surface area contributed by atoms with Crippen LogP contribution in [0.4, 0.5) is 0 Å². The first-order chi connectivity index (χ1) is 14.2.